The van der Waals surface area contributed by atoms with E-state index in [0.717, 1.165) is 58.4 Å². The molecular formula is C28H32N8O. The van der Waals surface area contributed by atoms with Gasteiger partial charge in [-0.1, -0.05) is 24.3 Å². The van der Waals surface area contributed by atoms with Crippen molar-refractivity contribution in [3.63, 3.8) is 0 Å². The summed E-state index contributed by atoms with van der Waals surface area (Å²) < 4.78 is 7.26. The van der Waals surface area contributed by atoms with Crippen molar-refractivity contribution < 1.29 is 4.74 Å². The predicted molar refractivity (Wildman–Crippen MR) is 147 cm³/mol. The number of pyridine rings is 1. The minimum atomic E-state index is 0.624. The molecule has 1 aromatic carbocycles. The van der Waals surface area contributed by atoms with Gasteiger partial charge in [-0.2, -0.15) is 0 Å². The maximum absolute atomic E-state index is 7.81. The van der Waals surface area contributed by atoms with Crippen LogP contribution in [-0.4, -0.2) is 63.8 Å². The molecule has 0 unspecified atom stereocenters. The molecule has 0 aliphatic carbocycles. The Morgan fingerprint density at radius 1 is 1.08 bits per heavy atom. The molecule has 4 aromatic rings. The highest BCUT2D eigenvalue weighted by atomic mass is 16.5. The zero-order valence-electron chi connectivity index (χ0n) is 21.0. The van der Waals surface area contributed by atoms with E-state index in [4.69, 9.17) is 10.1 Å². The number of fused-ring (bicyclic) bond motifs is 1. The van der Waals surface area contributed by atoms with E-state index in [2.05, 4.69) is 42.6 Å². The fourth-order valence-corrected chi connectivity index (χ4v) is 4.50. The Labute approximate surface area is 216 Å². The number of imidazole rings is 1. The molecule has 0 bridgehead atoms. The van der Waals surface area contributed by atoms with Crippen LogP contribution in [0.15, 0.2) is 67.4 Å². The summed E-state index contributed by atoms with van der Waals surface area (Å²) in [5.41, 5.74) is 5.46. The number of aromatic nitrogens is 4. The zero-order valence-corrected chi connectivity index (χ0v) is 21.0. The Kier molecular flexibility index (Phi) is 7.71. The summed E-state index contributed by atoms with van der Waals surface area (Å²) in [5, 5.41) is 14.6. The van der Waals surface area contributed by atoms with Gasteiger partial charge in [0.05, 0.1) is 24.7 Å². The minimum Gasteiger partial charge on any atom is -0.497 e. The van der Waals surface area contributed by atoms with Crippen molar-refractivity contribution in [3.05, 3.63) is 78.5 Å². The third kappa shape index (κ3) is 5.95. The van der Waals surface area contributed by atoms with E-state index < -0.39 is 0 Å². The number of methoxy groups -OCH3 is 1. The van der Waals surface area contributed by atoms with Crippen molar-refractivity contribution in [3.8, 4) is 17.1 Å². The van der Waals surface area contributed by atoms with Crippen LogP contribution in [0, 0.1) is 5.41 Å². The highest BCUT2D eigenvalue weighted by Gasteiger charge is 2.11. The molecule has 1 fully saturated rings. The fourth-order valence-electron chi connectivity index (χ4n) is 4.50. The number of hydrogen-bond donors (Lipinski definition) is 3. The van der Waals surface area contributed by atoms with Crippen molar-refractivity contribution in [2.45, 2.75) is 19.4 Å². The standard InChI is InChI=1S/C28H32N8O/c1-37-24-8-12-36-26(19-32-28(36)14-24)25-15-27(34-20-33-25)31-17-21-4-6-22(7-5-21)23(16-29)18-30-9-13-35-10-2-3-11-35/h4-8,12,14-16,18-20,29-30H,2-3,9-11,13,17H2,1H3,(H,31,33,34)/b23-18+,29-16?. The Balaban J connectivity index is 1.19. The first-order chi connectivity index (χ1) is 18.2. The van der Waals surface area contributed by atoms with E-state index >= 15 is 0 Å². The molecule has 1 saturated heterocycles. The van der Waals surface area contributed by atoms with E-state index in [-0.39, 0.29) is 0 Å². The lowest BCUT2D eigenvalue weighted by Crippen LogP contribution is -2.27. The second-order valence-corrected chi connectivity index (χ2v) is 9.02. The minimum absolute atomic E-state index is 0.624. The third-order valence-electron chi connectivity index (χ3n) is 6.59. The zero-order chi connectivity index (χ0) is 25.5. The lowest BCUT2D eigenvalue weighted by Gasteiger charge is -2.14. The Hall–Kier alpha value is -4.24. The number of allylic oxidation sites excluding steroid dienone is 1. The van der Waals surface area contributed by atoms with Crippen LogP contribution >= 0.6 is 0 Å². The van der Waals surface area contributed by atoms with Crippen LogP contribution in [0.4, 0.5) is 5.82 Å². The quantitative estimate of drug-likeness (QED) is 0.212. The molecular weight excluding hydrogens is 464 g/mol. The molecule has 5 rings (SSSR count). The Morgan fingerprint density at radius 2 is 1.92 bits per heavy atom. The molecule has 0 atom stereocenters. The number of nitrogens with zero attached hydrogens (tertiary/aromatic N) is 5. The van der Waals surface area contributed by atoms with Gasteiger partial charge in [-0.15, -0.1) is 0 Å². The van der Waals surface area contributed by atoms with E-state index in [1.54, 1.807) is 19.6 Å². The van der Waals surface area contributed by atoms with Gasteiger partial charge in [0.15, 0.2) is 0 Å². The van der Waals surface area contributed by atoms with E-state index in [1.165, 1.54) is 32.1 Å². The van der Waals surface area contributed by atoms with E-state index in [9.17, 15) is 0 Å². The van der Waals surface area contributed by atoms with Gasteiger partial charge in [0.2, 0.25) is 0 Å². The topological polar surface area (TPSA) is 103 Å². The molecule has 0 spiro atoms. The molecule has 3 N–H and O–H groups in total. The highest BCUT2D eigenvalue weighted by molar-refractivity contribution is 6.08. The summed E-state index contributed by atoms with van der Waals surface area (Å²) in [5.74, 6) is 1.50. The molecule has 0 radical (unpaired) electrons. The second kappa shape index (κ2) is 11.7. The van der Waals surface area contributed by atoms with Crippen molar-refractivity contribution in [1.29, 1.82) is 5.41 Å². The molecule has 190 valence electrons. The lowest BCUT2D eigenvalue weighted by molar-refractivity contribution is 0.342. The smallest absolute Gasteiger partial charge is 0.140 e. The maximum Gasteiger partial charge on any atom is 0.140 e. The van der Waals surface area contributed by atoms with E-state index in [1.807, 2.05) is 47.1 Å². The predicted octanol–water partition coefficient (Wildman–Crippen LogP) is 4.09. The molecule has 3 aromatic heterocycles. The maximum atomic E-state index is 7.81. The molecule has 0 amide bonds. The van der Waals surface area contributed by atoms with Gasteiger partial charge < -0.3 is 25.7 Å². The summed E-state index contributed by atoms with van der Waals surface area (Å²) in [6.07, 6.45) is 11.2. The molecule has 9 nitrogen and oxygen atoms in total. The fraction of sp³-hybridized carbons (Fsp3) is 0.286. The van der Waals surface area contributed by atoms with Crippen LogP contribution in [0.5, 0.6) is 5.75 Å². The van der Waals surface area contributed by atoms with Crippen LogP contribution in [0.3, 0.4) is 0 Å². The van der Waals surface area contributed by atoms with Gasteiger partial charge in [-0.3, -0.25) is 4.40 Å². The number of likely N-dealkylation sites (tertiary alicyclic amines) is 1. The number of anilines is 1. The van der Waals surface area contributed by atoms with Crippen LogP contribution in [0.2, 0.25) is 0 Å². The summed E-state index contributed by atoms with van der Waals surface area (Å²) >= 11 is 0. The van der Waals surface area contributed by atoms with Crippen molar-refractivity contribution in [1.82, 2.24) is 29.6 Å². The first-order valence-corrected chi connectivity index (χ1v) is 12.6. The number of nitrogens with one attached hydrogen (secondary N) is 3. The Bertz CT molecular complexity index is 1370. The van der Waals surface area contributed by atoms with Gasteiger partial charge in [0.1, 0.15) is 23.5 Å². The largest absolute Gasteiger partial charge is 0.497 e. The summed E-state index contributed by atoms with van der Waals surface area (Å²) in [6, 6.07) is 13.9. The van der Waals surface area contributed by atoms with Crippen LogP contribution < -0.4 is 15.4 Å². The number of ether oxygens (including phenoxy) is 1. The van der Waals surface area contributed by atoms with Crippen LogP contribution in [-0.2, 0) is 6.54 Å². The third-order valence-corrected chi connectivity index (χ3v) is 6.59. The summed E-state index contributed by atoms with van der Waals surface area (Å²) in [7, 11) is 1.64. The molecule has 37 heavy (non-hydrogen) atoms. The molecule has 4 heterocycles. The van der Waals surface area contributed by atoms with Crippen molar-refractivity contribution in [2.75, 3.05) is 38.6 Å². The Morgan fingerprint density at radius 3 is 2.70 bits per heavy atom. The highest BCUT2D eigenvalue weighted by Crippen LogP contribution is 2.23. The normalized spacial score (nSPS) is 14.1. The van der Waals surface area contributed by atoms with Gasteiger partial charge in [0, 0.05) is 56.0 Å². The van der Waals surface area contributed by atoms with Crippen molar-refractivity contribution >= 4 is 23.3 Å². The molecule has 0 saturated carbocycles. The second-order valence-electron chi connectivity index (χ2n) is 9.02. The van der Waals surface area contributed by atoms with E-state index in [0.29, 0.717) is 6.54 Å². The number of hydrogen-bond acceptors (Lipinski definition) is 8. The molecule has 1 aliphatic rings. The van der Waals surface area contributed by atoms with Crippen LogP contribution in [0.1, 0.15) is 24.0 Å². The number of rotatable bonds is 11. The SMILES string of the molecule is COc1ccn2c(-c3cc(NCc4ccc(/C(C=N)=C/NCCN5CCCC5)cc4)ncn3)cnc2c1. The van der Waals surface area contributed by atoms with Crippen molar-refractivity contribution in [2.24, 2.45) is 0 Å². The molecule has 9 heteroatoms. The first kappa shape index (κ1) is 24.5. The van der Waals surface area contributed by atoms with Crippen LogP contribution in [0.25, 0.3) is 22.6 Å². The summed E-state index contributed by atoms with van der Waals surface area (Å²) in [6.45, 7) is 4.96. The average Bonchev–Trinajstić information content (AvgIpc) is 3.62. The van der Waals surface area contributed by atoms with Gasteiger partial charge in [-0.25, -0.2) is 15.0 Å². The van der Waals surface area contributed by atoms with Gasteiger partial charge in [-0.05, 0) is 43.1 Å². The van der Waals surface area contributed by atoms with Gasteiger partial charge in [0.25, 0.3) is 0 Å². The number of benzene rings is 1. The molecule has 1 aliphatic heterocycles. The lowest BCUT2D eigenvalue weighted by atomic mass is 10.1. The first-order valence-electron chi connectivity index (χ1n) is 12.6. The summed E-state index contributed by atoms with van der Waals surface area (Å²) in [4.78, 5) is 15.8. The monoisotopic (exact) mass is 496 g/mol. The average molecular weight is 497 g/mol. The van der Waals surface area contributed by atoms with Gasteiger partial charge >= 0.3 is 0 Å².